The number of non-ortho nitro benzene ring substituents is 1. The number of hydrogen-bond donors (Lipinski definition) is 0. The van der Waals surface area contributed by atoms with Crippen LogP contribution in [0.3, 0.4) is 0 Å². The van der Waals surface area contributed by atoms with Crippen LogP contribution in [-0.2, 0) is 4.79 Å². The predicted molar refractivity (Wildman–Crippen MR) is 146 cm³/mol. The van der Waals surface area contributed by atoms with Crippen molar-refractivity contribution in [3.8, 4) is 0 Å². The van der Waals surface area contributed by atoms with E-state index < -0.39 is 4.92 Å². The average Bonchev–Trinajstić information content (AvgIpc) is 2.92. The van der Waals surface area contributed by atoms with E-state index in [0.29, 0.717) is 24.1 Å². The van der Waals surface area contributed by atoms with E-state index >= 15 is 0 Å². The van der Waals surface area contributed by atoms with Crippen molar-refractivity contribution in [1.82, 2.24) is 0 Å². The summed E-state index contributed by atoms with van der Waals surface area (Å²) in [6, 6.07) is 22.4. The van der Waals surface area contributed by atoms with Gasteiger partial charge in [-0.2, -0.15) is 0 Å². The van der Waals surface area contributed by atoms with Gasteiger partial charge >= 0.3 is 0 Å². The van der Waals surface area contributed by atoms with Crippen LogP contribution in [0.2, 0.25) is 0 Å². The van der Waals surface area contributed by atoms with Gasteiger partial charge in [-0.25, -0.2) is 0 Å². The van der Waals surface area contributed by atoms with Crippen LogP contribution in [0.4, 0.5) is 17.1 Å². The normalized spacial score (nSPS) is 16.6. The zero-order valence-electron chi connectivity index (χ0n) is 21.4. The lowest BCUT2D eigenvalue weighted by Crippen LogP contribution is -2.47. The largest absolute Gasteiger partial charge is 0.309 e. The van der Waals surface area contributed by atoms with Gasteiger partial charge in [-0.3, -0.25) is 19.7 Å². The monoisotopic (exact) mass is 499 g/mol. The number of nitrogens with zero attached hydrogens (tertiary/aromatic N) is 3. The zero-order chi connectivity index (χ0) is 26.4. The molecule has 2 atom stereocenters. The Hall–Kier alpha value is -4.00. The number of anilines is 2. The molecular weight excluding hydrogens is 466 g/mol. The van der Waals surface area contributed by atoms with Crippen LogP contribution in [0, 0.1) is 10.1 Å². The van der Waals surface area contributed by atoms with Crippen molar-refractivity contribution in [2.75, 3.05) is 9.80 Å². The van der Waals surface area contributed by atoms with Crippen molar-refractivity contribution in [2.24, 2.45) is 0 Å². The second kappa shape index (κ2) is 11.8. The first kappa shape index (κ1) is 26.1. The number of unbranched alkanes of at least 4 members (excludes halogenated alkanes) is 3. The van der Waals surface area contributed by atoms with E-state index in [0.717, 1.165) is 36.9 Å². The summed E-state index contributed by atoms with van der Waals surface area (Å²) >= 11 is 0. The lowest BCUT2D eigenvalue weighted by molar-refractivity contribution is -0.384. The third-order valence-corrected chi connectivity index (χ3v) is 6.96. The lowest BCUT2D eigenvalue weighted by atomic mass is 9.89. The molecule has 1 aliphatic heterocycles. The van der Waals surface area contributed by atoms with E-state index in [1.807, 2.05) is 54.3 Å². The summed E-state index contributed by atoms with van der Waals surface area (Å²) in [5, 5.41) is 11.2. The number of carbonyl (C=O) groups excluding carboxylic acids is 2. The van der Waals surface area contributed by atoms with Gasteiger partial charge in [-0.1, -0.05) is 62.6 Å². The molecule has 192 valence electrons. The third-order valence-electron chi connectivity index (χ3n) is 6.96. The second-order valence-electron chi connectivity index (χ2n) is 9.55. The van der Waals surface area contributed by atoms with Crippen molar-refractivity contribution in [3.05, 3.63) is 100 Å². The minimum Gasteiger partial charge on any atom is -0.309 e. The first-order chi connectivity index (χ1) is 17.9. The lowest BCUT2D eigenvalue weighted by Gasteiger charge is -2.43. The quantitative estimate of drug-likeness (QED) is 0.179. The van der Waals surface area contributed by atoms with Gasteiger partial charge in [0.05, 0.1) is 11.0 Å². The average molecular weight is 500 g/mol. The Morgan fingerprint density at radius 1 is 0.946 bits per heavy atom. The molecule has 0 fully saturated rings. The molecule has 7 heteroatoms. The van der Waals surface area contributed by atoms with Gasteiger partial charge in [-0.05, 0) is 55.7 Å². The molecule has 0 aliphatic carbocycles. The third kappa shape index (κ3) is 5.71. The number of carbonyl (C=O) groups is 2. The molecule has 1 aliphatic rings. The Morgan fingerprint density at radius 3 is 2.30 bits per heavy atom. The minimum absolute atomic E-state index is 0.0342. The fourth-order valence-electron chi connectivity index (χ4n) is 5.12. The molecule has 0 saturated carbocycles. The second-order valence-corrected chi connectivity index (χ2v) is 9.55. The Kier molecular flexibility index (Phi) is 8.33. The number of nitro groups is 1. The maximum Gasteiger partial charge on any atom is 0.269 e. The number of fused-ring (bicyclic) bond motifs is 1. The number of para-hydroxylation sites is 1. The van der Waals surface area contributed by atoms with Gasteiger partial charge in [0.15, 0.2) is 0 Å². The van der Waals surface area contributed by atoms with E-state index in [-0.39, 0.29) is 29.6 Å². The summed E-state index contributed by atoms with van der Waals surface area (Å²) < 4.78 is 0. The van der Waals surface area contributed by atoms with Crippen molar-refractivity contribution in [3.63, 3.8) is 0 Å². The molecule has 0 saturated heterocycles. The highest BCUT2D eigenvalue weighted by molar-refractivity contribution is 6.07. The number of rotatable bonds is 9. The zero-order valence-corrected chi connectivity index (χ0v) is 21.4. The number of amides is 2. The highest BCUT2D eigenvalue weighted by Crippen LogP contribution is 2.43. The highest BCUT2D eigenvalue weighted by Gasteiger charge is 2.38. The molecule has 1 heterocycles. The molecule has 0 bridgehead atoms. The van der Waals surface area contributed by atoms with Crippen molar-refractivity contribution < 1.29 is 14.5 Å². The molecular formula is C30H33N3O4. The van der Waals surface area contributed by atoms with Gasteiger partial charge in [0, 0.05) is 41.5 Å². The summed E-state index contributed by atoms with van der Waals surface area (Å²) in [6.45, 7) is 4.17. The first-order valence-corrected chi connectivity index (χ1v) is 13.0. The molecule has 2 amide bonds. The van der Waals surface area contributed by atoms with Crippen LogP contribution in [0.25, 0.3) is 0 Å². The molecule has 0 unspecified atom stereocenters. The van der Waals surface area contributed by atoms with Gasteiger partial charge in [-0.15, -0.1) is 0 Å². The Bertz CT molecular complexity index is 1240. The van der Waals surface area contributed by atoms with Crippen LogP contribution in [0.5, 0.6) is 0 Å². The molecule has 3 aromatic carbocycles. The van der Waals surface area contributed by atoms with Gasteiger partial charge in [0.2, 0.25) is 5.91 Å². The van der Waals surface area contributed by atoms with Crippen LogP contribution in [0.15, 0.2) is 78.9 Å². The molecule has 3 aromatic rings. The highest BCUT2D eigenvalue weighted by atomic mass is 16.6. The summed E-state index contributed by atoms with van der Waals surface area (Å²) in [7, 11) is 0. The molecule has 7 nitrogen and oxygen atoms in total. The SMILES string of the molecule is CCCCCCC(=O)N1c2ccccc2[C@H](N(C(=O)c2ccccc2)c2ccc([N+](=O)[O-])cc2)C[C@@H]1C. The Morgan fingerprint density at radius 2 is 1.62 bits per heavy atom. The molecule has 0 N–H and O–H groups in total. The van der Waals surface area contributed by atoms with Crippen molar-refractivity contribution in [1.29, 1.82) is 0 Å². The van der Waals surface area contributed by atoms with E-state index in [4.69, 9.17) is 0 Å². The first-order valence-electron chi connectivity index (χ1n) is 13.0. The molecule has 37 heavy (non-hydrogen) atoms. The smallest absolute Gasteiger partial charge is 0.269 e. The van der Waals surface area contributed by atoms with E-state index in [9.17, 15) is 19.7 Å². The minimum atomic E-state index is -0.449. The van der Waals surface area contributed by atoms with E-state index in [1.54, 1.807) is 29.2 Å². The van der Waals surface area contributed by atoms with Crippen molar-refractivity contribution >= 4 is 28.9 Å². The Balaban J connectivity index is 1.74. The number of nitro benzene ring substituents is 1. The summed E-state index contributed by atoms with van der Waals surface area (Å²) in [6.07, 6.45) is 5.18. The van der Waals surface area contributed by atoms with Gasteiger partial charge < -0.3 is 9.80 Å². The van der Waals surface area contributed by atoms with E-state index in [2.05, 4.69) is 6.92 Å². The topological polar surface area (TPSA) is 83.8 Å². The van der Waals surface area contributed by atoms with E-state index in [1.165, 1.54) is 12.1 Å². The molecule has 0 aromatic heterocycles. The fraction of sp³-hybridized carbons (Fsp3) is 0.333. The summed E-state index contributed by atoms with van der Waals surface area (Å²) in [4.78, 5) is 41.6. The maximum atomic E-state index is 13.9. The maximum absolute atomic E-state index is 13.9. The van der Waals surface area contributed by atoms with Gasteiger partial charge in [0.1, 0.15) is 0 Å². The van der Waals surface area contributed by atoms with Crippen LogP contribution >= 0.6 is 0 Å². The van der Waals surface area contributed by atoms with Crippen LogP contribution < -0.4 is 9.80 Å². The molecule has 0 spiro atoms. The predicted octanol–water partition coefficient (Wildman–Crippen LogP) is 7.08. The number of benzene rings is 3. The standard InChI is InChI=1S/C30H33N3O4/c1-3-4-5-9-16-29(34)31-22(2)21-28(26-14-10-11-15-27(26)31)32(30(35)23-12-7-6-8-13-23)24-17-19-25(20-18-24)33(36)37/h6-8,10-15,17-20,22,28H,3-5,9,16,21H2,1-2H3/t22-,28+/m0/s1. The number of hydrogen-bond acceptors (Lipinski definition) is 4. The van der Waals surface area contributed by atoms with Gasteiger partial charge in [0.25, 0.3) is 11.6 Å². The van der Waals surface area contributed by atoms with Crippen LogP contribution in [-0.4, -0.2) is 22.8 Å². The van der Waals surface area contributed by atoms with Crippen LogP contribution in [0.1, 0.15) is 74.3 Å². The Labute approximate surface area is 217 Å². The summed E-state index contributed by atoms with van der Waals surface area (Å²) in [5.41, 5.74) is 2.78. The molecule has 4 rings (SSSR count). The van der Waals surface area contributed by atoms with Crippen molar-refractivity contribution in [2.45, 2.75) is 64.5 Å². The molecule has 0 radical (unpaired) electrons. The summed E-state index contributed by atoms with van der Waals surface area (Å²) in [5.74, 6) is -0.0911. The fourth-order valence-corrected chi connectivity index (χ4v) is 5.12.